The molecular weight excluding hydrogens is 402 g/mol. The van der Waals surface area contributed by atoms with Gasteiger partial charge in [-0.3, -0.25) is 4.79 Å². The number of carbonyl (C=O) groups excluding carboxylic acids is 1. The zero-order valence-electron chi connectivity index (χ0n) is 17.2. The van der Waals surface area contributed by atoms with Crippen molar-refractivity contribution in [2.45, 2.75) is 70.7 Å². The average Bonchev–Trinajstić information content (AvgIpc) is 2.64. The van der Waals surface area contributed by atoms with E-state index in [4.69, 9.17) is 16.5 Å². The lowest BCUT2D eigenvalue weighted by Crippen LogP contribution is -2.56. The third-order valence-electron chi connectivity index (χ3n) is 5.22. The maximum absolute atomic E-state index is 13.5. The summed E-state index contributed by atoms with van der Waals surface area (Å²) in [6.45, 7) is 6.86. The number of halogens is 3. The van der Waals surface area contributed by atoms with Gasteiger partial charge in [-0.15, -0.1) is 0 Å². The van der Waals surface area contributed by atoms with Gasteiger partial charge in [0.2, 0.25) is 5.91 Å². The zero-order chi connectivity index (χ0) is 21.6. The minimum absolute atomic E-state index is 0.0332. The van der Waals surface area contributed by atoms with Crippen molar-refractivity contribution in [2.24, 2.45) is 5.92 Å². The molecule has 164 valence electrons. The van der Waals surface area contributed by atoms with Crippen LogP contribution in [0.1, 0.15) is 45.6 Å². The van der Waals surface area contributed by atoms with Gasteiger partial charge in [0.05, 0.1) is 18.2 Å². The Kier molecular flexibility index (Phi) is 9.27. The van der Waals surface area contributed by atoms with Crippen LogP contribution in [0.15, 0.2) is 18.2 Å². The Hall–Kier alpha value is -1.28. The second-order valence-electron chi connectivity index (χ2n) is 8.14. The largest absolute Gasteiger partial charge is 0.389 e. The first-order valence-corrected chi connectivity index (χ1v) is 10.4. The molecular formula is C21H31ClF2N2O3. The van der Waals surface area contributed by atoms with E-state index in [1.807, 2.05) is 0 Å². The summed E-state index contributed by atoms with van der Waals surface area (Å²) >= 11 is 6.14. The van der Waals surface area contributed by atoms with Crippen LogP contribution in [0.4, 0.5) is 8.78 Å². The normalized spacial score (nSPS) is 21.8. The van der Waals surface area contributed by atoms with Gasteiger partial charge in [0.1, 0.15) is 11.6 Å². The maximum Gasteiger partial charge on any atom is 0.234 e. The summed E-state index contributed by atoms with van der Waals surface area (Å²) in [4.78, 5) is 11.8. The van der Waals surface area contributed by atoms with Crippen LogP contribution in [0.25, 0.3) is 0 Å². The maximum atomic E-state index is 13.5. The molecule has 0 saturated carbocycles. The highest BCUT2D eigenvalue weighted by molar-refractivity contribution is 6.21. The Balaban J connectivity index is 2.01. The molecule has 4 atom stereocenters. The molecule has 0 radical (unpaired) electrons. The third-order valence-corrected chi connectivity index (χ3v) is 5.71. The highest BCUT2D eigenvalue weighted by Gasteiger charge is 2.35. The van der Waals surface area contributed by atoms with Gasteiger partial charge in [0.15, 0.2) is 0 Å². The van der Waals surface area contributed by atoms with Crippen LogP contribution in [0.2, 0.25) is 0 Å². The first-order valence-electron chi connectivity index (χ1n) is 10.1. The summed E-state index contributed by atoms with van der Waals surface area (Å²) in [7, 11) is 0. The van der Waals surface area contributed by atoms with E-state index in [0.29, 0.717) is 31.1 Å². The van der Waals surface area contributed by atoms with E-state index >= 15 is 0 Å². The molecule has 0 aromatic heterocycles. The van der Waals surface area contributed by atoms with Crippen molar-refractivity contribution in [3.05, 3.63) is 35.4 Å². The zero-order valence-corrected chi connectivity index (χ0v) is 18.0. The highest BCUT2D eigenvalue weighted by Crippen LogP contribution is 2.23. The number of nitrogens with zero attached hydrogens (tertiary/aromatic N) is 1. The first-order chi connectivity index (χ1) is 13.7. The summed E-state index contributed by atoms with van der Waals surface area (Å²) in [6.07, 6.45) is 1.52. The van der Waals surface area contributed by atoms with Crippen molar-refractivity contribution in [3.8, 4) is 0 Å². The van der Waals surface area contributed by atoms with E-state index in [1.54, 1.807) is 0 Å². The fraction of sp³-hybridized carbons (Fsp3) is 0.667. The van der Waals surface area contributed by atoms with Crippen molar-refractivity contribution in [3.63, 3.8) is 0 Å². The van der Waals surface area contributed by atoms with E-state index < -0.39 is 29.7 Å². The van der Waals surface area contributed by atoms with Gasteiger partial charge in [-0.05, 0) is 49.3 Å². The number of carbonyl (C=O) groups is 1. The topological polar surface area (TPSA) is 61.8 Å². The first kappa shape index (κ1) is 24.0. The van der Waals surface area contributed by atoms with Gasteiger partial charge in [0.25, 0.3) is 0 Å². The van der Waals surface area contributed by atoms with Gasteiger partial charge in [0, 0.05) is 44.0 Å². The SMILES string of the molecule is CC(=O)N(Cl)[C@@H](Cc1cc(F)cc(F)c1)[C@H](O)[C@H]1CC[C@@H](OCCC(C)C)CN1. The standard InChI is InChI=1S/C21H31ClF2N2O3/c1-13(2)6-7-29-18-4-5-19(25-12-18)21(28)20(26(22)14(3)27)10-15-8-16(23)11-17(24)9-15/h8-9,11,13,18-21,25,28H,4-7,10,12H2,1-3H3/t18-,19-,20+,21-/m1/s1. The van der Waals surface area contributed by atoms with Crippen molar-refractivity contribution in [2.75, 3.05) is 13.2 Å². The van der Waals surface area contributed by atoms with Crippen LogP contribution >= 0.6 is 11.8 Å². The quantitative estimate of drug-likeness (QED) is 0.587. The molecule has 1 aliphatic rings. The monoisotopic (exact) mass is 432 g/mol. The number of aliphatic hydroxyl groups excluding tert-OH is 1. The van der Waals surface area contributed by atoms with Crippen molar-refractivity contribution in [1.82, 2.24) is 9.74 Å². The molecule has 0 bridgehead atoms. The molecule has 0 unspecified atom stereocenters. The van der Waals surface area contributed by atoms with Crippen LogP contribution in [0.5, 0.6) is 0 Å². The highest BCUT2D eigenvalue weighted by atomic mass is 35.5. The molecule has 1 saturated heterocycles. The molecule has 5 nitrogen and oxygen atoms in total. The van der Waals surface area contributed by atoms with Crippen LogP contribution in [0, 0.1) is 17.6 Å². The molecule has 1 heterocycles. The molecule has 1 amide bonds. The Morgan fingerprint density at radius 3 is 2.48 bits per heavy atom. The second-order valence-corrected chi connectivity index (χ2v) is 8.50. The lowest BCUT2D eigenvalue weighted by Gasteiger charge is -2.38. The van der Waals surface area contributed by atoms with Gasteiger partial charge in [-0.2, -0.15) is 0 Å². The number of hydrogen-bond donors (Lipinski definition) is 2. The molecule has 1 fully saturated rings. The van der Waals surface area contributed by atoms with Gasteiger partial charge >= 0.3 is 0 Å². The van der Waals surface area contributed by atoms with Crippen LogP contribution < -0.4 is 5.32 Å². The van der Waals surface area contributed by atoms with E-state index in [2.05, 4.69) is 19.2 Å². The number of piperidine rings is 1. The Morgan fingerprint density at radius 2 is 1.97 bits per heavy atom. The molecule has 0 spiro atoms. The van der Waals surface area contributed by atoms with Gasteiger partial charge < -0.3 is 15.2 Å². The second kappa shape index (κ2) is 11.2. The summed E-state index contributed by atoms with van der Waals surface area (Å²) < 4.78 is 33.9. The molecule has 8 heteroatoms. The van der Waals surface area contributed by atoms with E-state index in [0.717, 1.165) is 23.3 Å². The van der Waals surface area contributed by atoms with Gasteiger partial charge in [-0.1, -0.05) is 13.8 Å². The Morgan fingerprint density at radius 1 is 1.31 bits per heavy atom. The van der Waals surface area contributed by atoms with Crippen molar-refractivity contribution in [1.29, 1.82) is 0 Å². The average molecular weight is 433 g/mol. The fourth-order valence-electron chi connectivity index (χ4n) is 3.56. The summed E-state index contributed by atoms with van der Waals surface area (Å²) in [5.74, 6) is -1.29. The van der Waals surface area contributed by atoms with E-state index in [-0.39, 0.29) is 18.6 Å². The number of amides is 1. The molecule has 1 aromatic rings. The molecule has 2 N–H and O–H groups in total. The van der Waals surface area contributed by atoms with Crippen molar-refractivity contribution < 1.29 is 23.4 Å². The Labute approximate surface area is 176 Å². The van der Waals surface area contributed by atoms with Crippen molar-refractivity contribution >= 4 is 17.7 Å². The predicted octanol–water partition coefficient (Wildman–Crippen LogP) is 3.42. The summed E-state index contributed by atoms with van der Waals surface area (Å²) in [6, 6.07) is 2.01. The molecule has 0 aliphatic carbocycles. The molecule has 2 rings (SSSR count). The number of benzene rings is 1. The minimum atomic E-state index is -1.00. The smallest absolute Gasteiger partial charge is 0.234 e. The predicted molar refractivity (Wildman–Crippen MR) is 108 cm³/mol. The van der Waals surface area contributed by atoms with E-state index in [1.165, 1.54) is 19.1 Å². The number of ether oxygens (including phenoxy) is 1. The summed E-state index contributed by atoms with van der Waals surface area (Å²) in [5.41, 5.74) is 0.323. The van der Waals surface area contributed by atoms with Crippen LogP contribution in [-0.4, -0.2) is 52.9 Å². The summed E-state index contributed by atoms with van der Waals surface area (Å²) in [5, 5.41) is 14.2. The molecule has 1 aromatic carbocycles. The lowest BCUT2D eigenvalue weighted by molar-refractivity contribution is -0.128. The fourth-order valence-corrected chi connectivity index (χ4v) is 3.75. The number of hydrogen-bond acceptors (Lipinski definition) is 4. The van der Waals surface area contributed by atoms with Gasteiger partial charge in [-0.25, -0.2) is 13.2 Å². The number of rotatable bonds is 9. The van der Waals surface area contributed by atoms with Crippen LogP contribution in [0.3, 0.4) is 0 Å². The lowest BCUT2D eigenvalue weighted by atomic mass is 9.90. The number of aliphatic hydroxyl groups is 1. The minimum Gasteiger partial charge on any atom is -0.389 e. The van der Waals surface area contributed by atoms with E-state index in [9.17, 15) is 18.7 Å². The van der Waals surface area contributed by atoms with Crippen LogP contribution in [-0.2, 0) is 16.0 Å². The number of nitrogens with one attached hydrogen (secondary N) is 1. The Bertz CT molecular complexity index is 649. The third kappa shape index (κ3) is 7.48. The molecule has 1 aliphatic heterocycles. The molecule has 29 heavy (non-hydrogen) atoms.